The molecule has 0 saturated carbocycles. The maximum absolute atomic E-state index is 13.3. The molecule has 0 spiro atoms. The summed E-state index contributed by atoms with van der Waals surface area (Å²) in [4.78, 5) is 0. The molecular formula is C14H8F6O. The van der Waals surface area contributed by atoms with Gasteiger partial charge in [-0.15, -0.1) is 0 Å². The minimum atomic E-state index is -1.64. The molecule has 1 nitrogen and oxygen atoms in total. The average molecular weight is 306 g/mol. The molecule has 2 rings (SSSR count). The van der Waals surface area contributed by atoms with Gasteiger partial charge in [-0.1, -0.05) is 12.1 Å². The van der Waals surface area contributed by atoms with Crippen LogP contribution in [0.4, 0.5) is 26.3 Å². The van der Waals surface area contributed by atoms with Crippen molar-refractivity contribution in [3.05, 3.63) is 70.3 Å². The first-order valence-electron chi connectivity index (χ1n) is 5.74. The number of hydrogen-bond donors (Lipinski definition) is 0. The molecule has 0 unspecified atom stereocenters. The highest BCUT2D eigenvalue weighted by atomic mass is 19.2. The van der Waals surface area contributed by atoms with E-state index in [1.807, 2.05) is 0 Å². The van der Waals surface area contributed by atoms with E-state index in [9.17, 15) is 26.3 Å². The van der Waals surface area contributed by atoms with Crippen molar-refractivity contribution in [1.29, 1.82) is 0 Å². The number of hydrogen-bond acceptors (Lipinski definition) is 1. The van der Waals surface area contributed by atoms with Gasteiger partial charge in [0, 0.05) is 11.1 Å². The van der Waals surface area contributed by atoms with E-state index in [0.29, 0.717) is 0 Å². The van der Waals surface area contributed by atoms with E-state index >= 15 is 0 Å². The van der Waals surface area contributed by atoms with Gasteiger partial charge in [-0.25, -0.2) is 26.3 Å². The Bertz CT molecular complexity index is 613. The lowest BCUT2D eigenvalue weighted by atomic mass is 10.2. The molecule has 0 fully saturated rings. The van der Waals surface area contributed by atoms with Crippen LogP contribution in [0.5, 0.6) is 0 Å². The van der Waals surface area contributed by atoms with E-state index in [1.165, 1.54) is 0 Å². The third kappa shape index (κ3) is 3.18. The van der Waals surface area contributed by atoms with Gasteiger partial charge in [0.2, 0.25) is 0 Å². The highest BCUT2D eigenvalue weighted by molar-refractivity contribution is 5.21. The monoisotopic (exact) mass is 306 g/mol. The maximum Gasteiger partial charge on any atom is 0.194 e. The third-order valence-electron chi connectivity index (χ3n) is 2.75. The molecular weight excluding hydrogens is 298 g/mol. The first-order valence-corrected chi connectivity index (χ1v) is 5.74. The summed E-state index contributed by atoms with van der Waals surface area (Å²) in [5.74, 6) is -8.81. The Kier molecular flexibility index (Phi) is 4.52. The quantitative estimate of drug-likeness (QED) is 0.606. The van der Waals surface area contributed by atoms with E-state index in [2.05, 4.69) is 0 Å². The van der Waals surface area contributed by atoms with Gasteiger partial charge < -0.3 is 4.74 Å². The lowest BCUT2D eigenvalue weighted by Crippen LogP contribution is -2.03. The Labute approximate surface area is 115 Å². The van der Waals surface area contributed by atoms with E-state index in [4.69, 9.17) is 4.74 Å². The van der Waals surface area contributed by atoms with Gasteiger partial charge >= 0.3 is 0 Å². The van der Waals surface area contributed by atoms with Crippen molar-refractivity contribution in [3.8, 4) is 0 Å². The lowest BCUT2D eigenvalue weighted by molar-refractivity contribution is 0.101. The van der Waals surface area contributed by atoms with Crippen molar-refractivity contribution in [2.24, 2.45) is 0 Å². The summed E-state index contributed by atoms with van der Waals surface area (Å²) < 4.78 is 82.8. The zero-order chi connectivity index (χ0) is 15.6. The molecule has 0 aliphatic carbocycles. The summed E-state index contributed by atoms with van der Waals surface area (Å²) >= 11 is 0. The highest BCUT2D eigenvalue weighted by Gasteiger charge is 2.15. The second-order valence-electron chi connectivity index (χ2n) is 4.16. The van der Waals surface area contributed by atoms with Crippen molar-refractivity contribution in [1.82, 2.24) is 0 Å². The highest BCUT2D eigenvalue weighted by Crippen LogP contribution is 2.19. The van der Waals surface area contributed by atoms with Crippen LogP contribution >= 0.6 is 0 Å². The number of ether oxygens (including phenoxy) is 1. The van der Waals surface area contributed by atoms with E-state index in [0.717, 1.165) is 24.3 Å². The minimum absolute atomic E-state index is 0.281. The van der Waals surface area contributed by atoms with Gasteiger partial charge in [-0.3, -0.25) is 0 Å². The Morgan fingerprint density at radius 3 is 1.33 bits per heavy atom. The summed E-state index contributed by atoms with van der Waals surface area (Å²) in [6.45, 7) is -0.969. The van der Waals surface area contributed by atoms with Gasteiger partial charge in [0.05, 0.1) is 13.2 Å². The van der Waals surface area contributed by atoms with E-state index < -0.39 is 48.1 Å². The molecule has 7 heteroatoms. The summed E-state index contributed by atoms with van der Waals surface area (Å²) in [5.41, 5.74) is -0.561. The summed E-state index contributed by atoms with van der Waals surface area (Å²) in [6.07, 6.45) is 0. The molecule has 0 aliphatic rings. The second kappa shape index (κ2) is 6.17. The van der Waals surface area contributed by atoms with E-state index in [-0.39, 0.29) is 11.1 Å². The van der Waals surface area contributed by atoms with Crippen LogP contribution in [0, 0.1) is 34.9 Å². The molecule has 0 N–H and O–H groups in total. The number of rotatable bonds is 4. The maximum atomic E-state index is 13.3. The van der Waals surface area contributed by atoms with Crippen molar-refractivity contribution in [2.45, 2.75) is 13.2 Å². The SMILES string of the molecule is Fc1ccc(COCc2ccc(F)c(F)c2F)c(F)c1F. The number of benzene rings is 2. The molecule has 0 bridgehead atoms. The Morgan fingerprint density at radius 2 is 0.952 bits per heavy atom. The zero-order valence-electron chi connectivity index (χ0n) is 10.4. The minimum Gasteiger partial charge on any atom is -0.372 e. The Morgan fingerprint density at radius 1 is 0.571 bits per heavy atom. The fraction of sp³-hybridized carbons (Fsp3) is 0.143. The molecule has 0 aliphatic heterocycles. The zero-order valence-corrected chi connectivity index (χ0v) is 10.4. The fourth-order valence-corrected chi connectivity index (χ4v) is 1.63. The molecule has 0 amide bonds. The van der Waals surface area contributed by atoms with Crippen LogP contribution in [0.2, 0.25) is 0 Å². The predicted octanol–water partition coefficient (Wildman–Crippen LogP) is 4.24. The van der Waals surface area contributed by atoms with Crippen molar-refractivity contribution in [2.75, 3.05) is 0 Å². The first-order chi connectivity index (χ1) is 9.91. The van der Waals surface area contributed by atoms with Gasteiger partial charge in [0.15, 0.2) is 34.9 Å². The summed E-state index contributed by atoms with van der Waals surface area (Å²) in [6, 6.07) is 3.37. The summed E-state index contributed by atoms with van der Waals surface area (Å²) in [7, 11) is 0. The molecule has 0 radical (unpaired) electrons. The first kappa shape index (κ1) is 15.4. The average Bonchev–Trinajstić information content (AvgIpc) is 2.47. The molecule has 0 heterocycles. The van der Waals surface area contributed by atoms with Crippen LogP contribution in [0.25, 0.3) is 0 Å². The topological polar surface area (TPSA) is 9.23 Å². The molecule has 112 valence electrons. The molecule has 0 atom stereocenters. The van der Waals surface area contributed by atoms with E-state index in [1.54, 1.807) is 0 Å². The van der Waals surface area contributed by atoms with Crippen LogP contribution in [0.15, 0.2) is 24.3 Å². The Balaban J connectivity index is 2.06. The van der Waals surface area contributed by atoms with Gasteiger partial charge in [-0.2, -0.15) is 0 Å². The smallest absolute Gasteiger partial charge is 0.194 e. The standard InChI is InChI=1S/C14H8F6O/c15-9-3-1-7(11(17)13(9)19)5-21-6-8-2-4-10(16)14(20)12(8)18/h1-4H,5-6H2. The second-order valence-corrected chi connectivity index (χ2v) is 4.16. The van der Waals surface area contributed by atoms with Crippen LogP contribution < -0.4 is 0 Å². The molecule has 2 aromatic carbocycles. The van der Waals surface area contributed by atoms with Crippen molar-refractivity contribution < 1.29 is 31.1 Å². The molecule has 2 aromatic rings. The van der Waals surface area contributed by atoms with Gasteiger partial charge in [0.1, 0.15) is 0 Å². The molecule has 21 heavy (non-hydrogen) atoms. The Hall–Kier alpha value is -2.02. The largest absolute Gasteiger partial charge is 0.372 e. The number of halogens is 6. The predicted molar refractivity (Wildman–Crippen MR) is 61.1 cm³/mol. The van der Waals surface area contributed by atoms with Crippen LogP contribution in [0.1, 0.15) is 11.1 Å². The van der Waals surface area contributed by atoms with Crippen LogP contribution in [0.3, 0.4) is 0 Å². The van der Waals surface area contributed by atoms with Crippen molar-refractivity contribution >= 4 is 0 Å². The van der Waals surface area contributed by atoms with Crippen LogP contribution in [-0.2, 0) is 18.0 Å². The third-order valence-corrected chi connectivity index (χ3v) is 2.75. The normalized spacial score (nSPS) is 11.0. The summed E-state index contributed by atoms with van der Waals surface area (Å²) in [5, 5.41) is 0. The van der Waals surface area contributed by atoms with Gasteiger partial charge in [-0.05, 0) is 12.1 Å². The van der Waals surface area contributed by atoms with Gasteiger partial charge in [0.25, 0.3) is 0 Å². The fourth-order valence-electron chi connectivity index (χ4n) is 1.63. The molecule has 0 saturated heterocycles. The lowest BCUT2D eigenvalue weighted by Gasteiger charge is -2.08. The molecule has 0 aromatic heterocycles. The van der Waals surface area contributed by atoms with Crippen LogP contribution in [-0.4, -0.2) is 0 Å². The van der Waals surface area contributed by atoms with Crippen molar-refractivity contribution in [3.63, 3.8) is 0 Å².